The van der Waals surface area contributed by atoms with Gasteiger partial charge < -0.3 is 10.2 Å². The molecule has 0 radical (unpaired) electrons. The van der Waals surface area contributed by atoms with E-state index >= 15 is 0 Å². The van der Waals surface area contributed by atoms with Crippen LogP contribution in [0.25, 0.3) is 0 Å². The molecule has 0 spiro atoms. The number of benzene rings is 1. The minimum atomic E-state index is -0.173. The van der Waals surface area contributed by atoms with E-state index < -0.39 is 0 Å². The van der Waals surface area contributed by atoms with Crippen LogP contribution in [0.3, 0.4) is 0 Å². The second-order valence-corrected chi connectivity index (χ2v) is 4.59. The van der Waals surface area contributed by atoms with Gasteiger partial charge in [0.25, 0.3) is 5.91 Å². The number of nitrogens with zero attached hydrogens (tertiary/aromatic N) is 3. The van der Waals surface area contributed by atoms with Gasteiger partial charge in [-0.15, -0.1) is 6.58 Å². The van der Waals surface area contributed by atoms with Crippen molar-refractivity contribution in [1.82, 2.24) is 9.97 Å². The summed E-state index contributed by atoms with van der Waals surface area (Å²) >= 11 is 0. The molecule has 2 rings (SSSR count). The number of hydrogen-bond acceptors (Lipinski definition) is 4. The van der Waals surface area contributed by atoms with Crippen LogP contribution >= 0.6 is 0 Å². The van der Waals surface area contributed by atoms with Crippen molar-refractivity contribution in [3.05, 3.63) is 60.4 Å². The first-order valence-corrected chi connectivity index (χ1v) is 6.65. The molecule has 5 heteroatoms. The summed E-state index contributed by atoms with van der Waals surface area (Å²) in [7, 11) is 1.73. The molecule has 0 aliphatic rings. The Morgan fingerprint density at radius 3 is 2.71 bits per heavy atom. The van der Waals surface area contributed by atoms with Crippen LogP contribution in [-0.4, -0.2) is 29.5 Å². The Kier molecular flexibility index (Phi) is 4.66. The van der Waals surface area contributed by atoms with E-state index in [2.05, 4.69) is 21.9 Å². The summed E-state index contributed by atoms with van der Waals surface area (Å²) in [4.78, 5) is 22.6. The second-order valence-electron chi connectivity index (χ2n) is 4.59. The van der Waals surface area contributed by atoms with Gasteiger partial charge in [-0.3, -0.25) is 4.79 Å². The summed E-state index contributed by atoms with van der Waals surface area (Å²) < 4.78 is 0. The van der Waals surface area contributed by atoms with E-state index in [1.54, 1.807) is 24.1 Å². The molecule has 0 fully saturated rings. The summed E-state index contributed by atoms with van der Waals surface area (Å²) in [6.45, 7) is 6.01. The summed E-state index contributed by atoms with van der Waals surface area (Å²) in [5, 5.41) is 3.00. The Hall–Kier alpha value is -2.69. The van der Waals surface area contributed by atoms with E-state index in [1.807, 2.05) is 37.3 Å². The second kappa shape index (κ2) is 6.65. The number of amides is 1. The lowest BCUT2D eigenvalue weighted by molar-refractivity contribution is 0.0988. The first-order valence-electron chi connectivity index (χ1n) is 6.65. The Labute approximate surface area is 124 Å². The molecule has 21 heavy (non-hydrogen) atoms. The monoisotopic (exact) mass is 282 g/mol. The van der Waals surface area contributed by atoms with Crippen molar-refractivity contribution < 1.29 is 4.79 Å². The molecule has 1 aromatic heterocycles. The fourth-order valence-corrected chi connectivity index (χ4v) is 1.86. The van der Waals surface area contributed by atoms with Gasteiger partial charge in [0.1, 0.15) is 5.69 Å². The quantitative estimate of drug-likeness (QED) is 0.857. The van der Waals surface area contributed by atoms with Crippen molar-refractivity contribution in [3.63, 3.8) is 0 Å². The van der Waals surface area contributed by atoms with Gasteiger partial charge >= 0.3 is 0 Å². The highest BCUT2D eigenvalue weighted by Crippen LogP contribution is 2.15. The number of aryl methyl sites for hydroxylation is 1. The van der Waals surface area contributed by atoms with Crippen molar-refractivity contribution in [2.75, 3.05) is 23.8 Å². The van der Waals surface area contributed by atoms with Gasteiger partial charge in [0.05, 0.1) is 0 Å². The molecule has 1 heterocycles. The zero-order valence-corrected chi connectivity index (χ0v) is 12.2. The van der Waals surface area contributed by atoms with Crippen molar-refractivity contribution in [1.29, 1.82) is 0 Å². The van der Waals surface area contributed by atoms with Crippen molar-refractivity contribution >= 4 is 17.5 Å². The van der Waals surface area contributed by atoms with Crippen LogP contribution in [0.15, 0.2) is 49.1 Å². The first-order chi connectivity index (χ1) is 10.1. The lowest BCUT2D eigenvalue weighted by Crippen LogP contribution is -2.27. The van der Waals surface area contributed by atoms with Crippen LogP contribution in [0.2, 0.25) is 0 Å². The molecule has 0 atom stereocenters. The third-order valence-electron chi connectivity index (χ3n) is 2.93. The number of carbonyl (C=O) groups is 1. The molecule has 0 unspecified atom stereocenters. The summed E-state index contributed by atoms with van der Waals surface area (Å²) in [5.74, 6) is 0.257. The molecule has 0 bridgehead atoms. The fraction of sp³-hybridized carbons (Fsp3) is 0.188. The van der Waals surface area contributed by atoms with Crippen molar-refractivity contribution in [3.8, 4) is 0 Å². The molecule has 1 amide bonds. The number of anilines is 2. The summed E-state index contributed by atoms with van der Waals surface area (Å²) in [6.07, 6.45) is 1.71. The van der Waals surface area contributed by atoms with Crippen LogP contribution in [0.1, 0.15) is 16.2 Å². The third-order valence-corrected chi connectivity index (χ3v) is 2.93. The van der Waals surface area contributed by atoms with Crippen LogP contribution in [0.5, 0.6) is 0 Å². The number of aromatic nitrogens is 2. The number of para-hydroxylation sites is 1. The minimum absolute atomic E-state index is 0.173. The van der Waals surface area contributed by atoms with Crippen molar-refractivity contribution in [2.24, 2.45) is 0 Å². The molecule has 1 aromatic carbocycles. The maximum atomic E-state index is 12.5. The van der Waals surface area contributed by atoms with Gasteiger partial charge in [0, 0.05) is 25.0 Å². The van der Waals surface area contributed by atoms with Crippen molar-refractivity contribution in [2.45, 2.75) is 6.92 Å². The van der Waals surface area contributed by atoms with E-state index in [1.165, 1.54) is 0 Å². The Balaban J connectivity index is 2.26. The Bertz CT molecular complexity index is 640. The molecule has 0 saturated heterocycles. The highest BCUT2D eigenvalue weighted by atomic mass is 16.2. The fourth-order valence-electron chi connectivity index (χ4n) is 1.86. The molecular formula is C16H18N4O. The van der Waals surface area contributed by atoms with E-state index in [4.69, 9.17) is 0 Å². The van der Waals surface area contributed by atoms with E-state index in [-0.39, 0.29) is 5.91 Å². The average molecular weight is 282 g/mol. The number of carbonyl (C=O) groups excluding carboxylic acids is 1. The van der Waals surface area contributed by atoms with Gasteiger partial charge in [-0.2, -0.15) is 0 Å². The maximum absolute atomic E-state index is 12.5. The molecule has 0 aliphatic carbocycles. The SMILES string of the molecule is C=CCNc1nc(C)cc(C(=O)N(C)c2ccccc2)n1. The highest BCUT2D eigenvalue weighted by Gasteiger charge is 2.16. The van der Waals surface area contributed by atoms with Gasteiger partial charge in [-0.1, -0.05) is 24.3 Å². The summed E-state index contributed by atoms with van der Waals surface area (Å²) in [6, 6.07) is 11.1. The van der Waals surface area contributed by atoms with Crippen LogP contribution < -0.4 is 10.2 Å². The average Bonchev–Trinajstić information content (AvgIpc) is 2.51. The zero-order valence-electron chi connectivity index (χ0n) is 12.2. The highest BCUT2D eigenvalue weighted by molar-refractivity contribution is 6.04. The van der Waals surface area contributed by atoms with Gasteiger partial charge in [0.2, 0.25) is 5.95 Å². The van der Waals surface area contributed by atoms with E-state index in [9.17, 15) is 4.79 Å². The molecule has 5 nitrogen and oxygen atoms in total. The summed E-state index contributed by atoms with van der Waals surface area (Å²) in [5.41, 5.74) is 1.92. The first kappa shape index (κ1) is 14.7. The zero-order chi connectivity index (χ0) is 15.2. The van der Waals surface area contributed by atoms with Gasteiger partial charge in [-0.25, -0.2) is 9.97 Å². The van der Waals surface area contributed by atoms with Gasteiger partial charge in [0.15, 0.2) is 0 Å². The van der Waals surface area contributed by atoms with Crippen LogP contribution in [-0.2, 0) is 0 Å². The molecular weight excluding hydrogens is 264 g/mol. The molecule has 108 valence electrons. The predicted octanol–water partition coefficient (Wildman–Crippen LogP) is 2.66. The maximum Gasteiger partial charge on any atom is 0.276 e. The van der Waals surface area contributed by atoms with Crippen LogP contribution in [0, 0.1) is 6.92 Å². The molecule has 0 aliphatic heterocycles. The smallest absolute Gasteiger partial charge is 0.276 e. The topological polar surface area (TPSA) is 58.1 Å². The number of rotatable bonds is 5. The Morgan fingerprint density at radius 2 is 2.05 bits per heavy atom. The van der Waals surface area contributed by atoms with Crippen LogP contribution in [0.4, 0.5) is 11.6 Å². The normalized spacial score (nSPS) is 10.0. The largest absolute Gasteiger partial charge is 0.351 e. The molecule has 0 saturated carbocycles. The lowest BCUT2D eigenvalue weighted by Gasteiger charge is -2.17. The van der Waals surface area contributed by atoms with Gasteiger partial charge in [-0.05, 0) is 25.1 Å². The predicted molar refractivity (Wildman–Crippen MR) is 84.6 cm³/mol. The third kappa shape index (κ3) is 3.66. The van der Waals surface area contributed by atoms with E-state index in [0.717, 1.165) is 11.4 Å². The molecule has 1 N–H and O–H groups in total. The van der Waals surface area contributed by atoms with E-state index in [0.29, 0.717) is 18.2 Å². The lowest BCUT2D eigenvalue weighted by atomic mass is 10.2. The minimum Gasteiger partial charge on any atom is -0.351 e. The standard InChI is InChI=1S/C16H18N4O/c1-4-10-17-16-18-12(2)11-14(19-16)15(21)20(3)13-8-6-5-7-9-13/h4-9,11H,1,10H2,2-3H3,(H,17,18,19). The molecule has 2 aromatic rings. The Morgan fingerprint density at radius 1 is 1.33 bits per heavy atom. The number of nitrogens with one attached hydrogen (secondary N) is 1. The number of hydrogen-bond donors (Lipinski definition) is 1.